The average molecular weight is 475 g/mol. The summed E-state index contributed by atoms with van der Waals surface area (Å²) in [6.07, 6.45) is 12.4. The van der Waals surface area contributed by atoms with Crippen LogP contribution in [0.1, 0.15) is 139 Å². The van der Waals surface area contributed by atoms with Crippen molar-refractivity contribution in [2.45, 2.75) is 131 Å². The number of ether oxygens (including phenoxy) is 2. The number of benzene rings is 1. The Labute approximate surface area is 209 Å². The molecule has 4 nitrogen and oxygen atoms in total. The van der Waals surface area contributed by atoms with Gasteiger partial charge in [-0.3, -0.25) is 0 Å². The third-order valence-corrected chi connectivity index (χ3v) is 6.30. The molecule has 0 aliphatic carbocycles. The summed E-state index contributed by atoms with van der Waals surface area (Å²) in [7, 11) is 0. The number of unbranched alkanes of at least 4 members (excludes halogenated alkanes) is 4. The molecular weight excluding hydrogens is 424 g/mol. The molecule has 0 saturated heterocycles. The van der Waals surface area contributed by atoms with E-state index < -0.39 is 0 Å². The Bertz CT molecular complexity index is 619. The Balaban J connectivity index is 2.72. The maximum atomic E-state index is 12.7. The minimum atomic E-state index is -0.306. The van der Waals surface area contributed by atoms with Crippen molar-refractivity contribution in [3.05, 3.63) is 35.4 Å². The maximum Gasteiger partial charge on any atom is 0.338 e. The van der Waals surface area contributed by atoms with Crippen LogP contribution in [-0.2, 0) is 9.47 Å². The van der Waals surface area contributed by atoms with Gasteiger partial charge in [0.15, 0.2) is 0 Å². The third kappa shape index (κ3) is 13.2. The van der Waals surface area contributed by atoms with E-state index in [1.807, 2.05) is 0 Å². The summed E-state index contributed by atoms with van der Waals surface area (Å²) in [5.74, 6) is 0.562. The monoisotopic (exact) mass is 474 g/mol. The molecule has 0 bridgehead atoms. The highest BCUT2D eigenvalue weighted by Gasteiger charge is 2.19. The van der Waals surface area contributed by atoms with Gasteiger partial charge in [-0.2, -0.15) is 0 Å². The highest BCUT2D eigenvalue weighted by atomic mass is 16.5. The van der Waals surface area contributed by atoms with E-state index in [4.69, 9.17) is 9.47 Å². The van der Waals surface area contributed by atoms with Crippen LogP contribution >= 0.6 is 0 Å². The minimum Gasteiger partial charge on any atom is -0.459 e. The van der Waals surface area contributed by atoms with Crippen molar-refractivity contribution in [2.75, 3.05) is 0 Å². The van der Waals surface area contributed by atoms with E-state index in [1.54, 1.807) is 24.3 Å². The molecule has 194 valence electrons. The van der Waals surface area contributed by atoms with Crippen LogP contribution in [0.25, 0.3) is 0 Å². The zero-order valence-electron chi connectivity index (χ0n) is 22.7. The van der Waals surface area contributed by atoms with Gasteiger partial charge < -0.3 is 9.47 Å². The first kappa shape index (κ1) is 30.2. The molecule has 0 radical (unpaired) electrons. The van der Waals surface area contributed by atoms with Crippen molar-refractivity contribution in [1.82, 2.24) is 0 Å². The van der Waals surface area contributed by atoms with E-state index in [1.165, 1.54) is 0 Å². The molecular formula is C30H50O4. The SMILES string of the molecule is CCCCCC(CCC(C)C)OC(=O)c1ccc(C(=O)OC(CCCCC)CCC(C)C)cc1. The van der Waals surface area contributed by atoms with Gasteiger partial charge in [0, 0.05) is 0 Å². The van der Waals surface area contributed by atoms with Gasteiger partial charge in [0.1, 0.15) is 12.2 Å². The van der Waals surface area contributed by atoms with Gasteiger partial charge in [0.05, 0.1) is 11.1 Å². The van der Waals surface area contributed by atoms with Crippen LogP contribution in [-0.4, -0.2) is 24.1 Å². The van der Waals surface area contributed by atoms with E-state index in [0.717, 1.165) is 77.0 Å². The number of esters is 2. The molecule has 0 heterocycles. The Morgan fingerprint density at radius 2 is 0.941 bits per heavy atom. The number of rotatable bonds is 18. The van der Waals surface area contributed by atoms with E-state index in [-0.39, 0.29) is 24.1 Å². The van der Waals surface area contributed by atoms with Gasteiger partial charge >= 0.3 is 11.9 Å². The summed E-state index contributed by atoms with van der Waals surface area (Å²) in [4.78, 5) is 25.5. The second kappa shape index (κ2) is 17.6. The van der Waals surface area contributed by atoms with Crippen LogP contribution in [0.15, 0.2) is 24.3 Å². The van der Waals surface area contributed by atoms with Crippen molar-refractivity contribution in [1.29, 1.82) is 0 Å². The zero-order chi connectivity index (χ0) is 25.3. The molecule has 0 amide bonds. The highest BCUT2D eigenvalue weighted by molar-refractivity contribution is 5.93. The maximum absolute atomic E-state index is 12.7. The molecule has 0 N–H and O–H groups in total. The summed E-state index contributed by atoms with van der Waals surface area (Å²) in [6.45, 7) is 13.1. The summed E-state index contributed by atoms with van der Waals surface area (Å²) in [6, 6.07) is 6.74. The first-order chi connectivity index (χ1) is 16.3. The molecule has 0 spiro atoms. The van der Waals surface area contributed by atoms with Gasteiger partial charge in [-0.05, 0) is 87.5 Å². The number of carbonyl (C=O) groups is 2. The average Bonchev–Trinajstić information content (AvgIpc) is 2.80. The van der Waals surface area contributed by atoms with Crippen molar-refractivity contribution < 1.29 is 19.1 Å². The lowest BCUT2D eigenvalue weighted by molar-refractivity contribution is 0.0228. The van der Waals surface area contributed by atoms with Crippen molar-refractivity contribution in [3.8, 4) is 0 Å². The van der Waals surface area contributed by atoms with Crippen LogP contribution in [0.3, 0.4) is 0 Å². The number of carbonyl (C=O) groups excluding carboxylic acids is 2. The van der Waals surface area contributed by atoms with Crippen LogP contribution < -0.4 is 0 Å². The summed E-state index contributed by atoms with van der Waals surface area (Å²) < 4.78 is 11.7. The fraction of sp³-hybridized carbons (Fsp3) is 0.733. The van der Waals surface area contributed by atoms with E-state index in [9.17, 15) is 9.59 Å². The Hall–Kier alpha value is -1.84. The molecule has 0 fully saturated rings. The molecule has 1 aromatic carbocycles. The standard InChI is InChI=1S/C30H50O4/c1-7-9-11-13-27(21-15-23(3)4)33-29(31)25-17-19-26(20-18-25)30(32)34-28(14-12-10-8-2)22-16-24(5)6/h17-20,23-24,27-28H,7-16,21-22H2,1-6H3. The molecule has 0 aromatic heterocycles. The van der Waals surface area contributed by atoms with Crippen LogP contribution in [0.2, 0.25) is 0 Å². The Kier molecular flexibility index (Phi) is 15.6. The summed E-state index contributed by atoms with van der Waals surface area (Å²) in [5.41, 5.74) is 0.974. The van der Waals surface area contributed by atoms with Crippen LogP contribution in [0.5, 0.6) is 0 Å². The van der Waals surface area contributed by atoms with E-state index in [0.29, 0.717) is 23.0 Å². The number of hydrogen-bond donors (Lipinski definition) is 0. The zero-order valence-corrected chi connectivity index (χ0v) is 22.7. The summed E-state index contributed by atoms with van der Waals surface area (Å²) >= 11 is 0. The minimum absolute atomic E-state index is 0.0454. The van der Waals surface area contributed by atoms with Crippen molar-refractivity contribution in [3.63, 3.8) is 0 Å². The molecule has 34 heavy (non-hydrogen) atoms. The van der Waals surface area contributed by atoms with Crippen molar-refractivity contribution >= 4 is 11.9 Å². The van der Waals surface area contributed by atoms with E-state index in [2.05, 4.69) is 41.5 Å². The molecule has 1 rings (SSSR count). The smallest absolute Gasteiger partial charge is 0.338 e. The molecule has 0 aliphatic rings. The van der Waals surface area contributed by atoms with Crippen molar-refractivity contribution in [2.24, 2.45) is 11.8 Å². The largest absolute Gasteiger partial charge is 0.459 e. The lowest BCUT2D eigenvalue weighted by atomic mass is 10.0. The Morgan fingerprint density at radius 1 is 0.588 bits per heavy atom. The third-order valence-electron chi connectivity index (χ3n) is 6.30. The van der Waals surface area contributed by atoms with Gasteiger partial charge in [-0.25, -0.2) is 9.59 Å². The second-order valence-electron chi connectivity index (χ2n) is 10.6. The molecule has 0 saturated carbocycles. The summed E-state index contributed by atoms with van der Waals surface area (Å²) in [5, 5.41) is 0. The van der Waals surface area contributed by atoms with Gasteiger partial charge in [0.2, 0.25) is 0 Å². The fourth-order valence-electron chi connectivity index (χ4n) is 3.99. The van der Waals surface area contributed by atoms with E-state index >= 15 is 0 Å². The predicted octanol–water partition coefficient (Wildman–Crippen LogP) is 8.77. The molecule has 0 aliphatic heterocycles. The van der Waals surface area contributed by atoms with Crippen LogP contribution in [0.4, 0.5) is 0 Å². The topological polar surface area (TPSA) is 52.6 Å². The fourth-order valence-corrected chi connectivity index (χ4v) is 3.99. The first-order valence-corrected chi connectivity index (χ1v) is 13.8. The second-order valence-corrected chi connectivity index (χ2v) is 10.6. The normalized spacial score (nSPS) is 13.2. The molecule has 2 atom stereocenters. The van der Waals surface area contributed by atoms with Gasteiger partial charge in [0.25, 0.3) is 0 Å². The molecule has 1 aromatic rings. The lowest BCUT2D eigenvalue weighted by Gasteiger charge is -2.20. The van der Waals surface area contributed by atoms with Crippen LogP contribution in [0, 0.1) is 11.8 Å². The number of hydrogen-bond acceptors (Lipinski definition) is 4. The van der Waals surface area contributed by atoms with Gasteiger partial charge in [-0.1, -0.05) is 67.2 Å². The van der Waals surface area contributed by atoms with Gasteiger partial charge in [-0.15, -0.1) is 0 Å². The lowest BCUT2D eigenvalue weighted by Crippen LogP contribution is -2.20. The quantitative estimate of drug-likeness (QED) is 0.158. The molecule has 4 heteroatoms. The molecule has 2 unspecified atom stereocenters. The Morgan fingerprint density at radius 3 is 1.24 bits per heavy atom. The first-order valence-electron chi connectivity index (χ1n) is 13.8. The predicted molar refractivity (Wildman–Crippen MR) is 141 cm³/mol. The highest BCUT2D eigenvalue weighted by Crippen LogP contribution is 2.20.